The fraction of sp³-hybridized carbons (Fsp3) is 0. The minimum absolute atomic E-state index is 1.11. The lowest BCUT2D eigenvalue weighted by Gasteiger charge is -2.28. The normalized spacial score (nSPS) is 11.3. The van der Waals surface area contributed by atoms with E-state index in [4.69, 9.17) is 0 Å². The zero-order chi connectivity index (χ0) is 39.8. The third kappa shape index (κ3) is 6.14. The van der Waals surface area contributed by atoms with Gasteiger partial charge in [-0.1, -0.05) is 182 Å². The van der Waals surface area contributed by atoms with Crippen molar-refractivity contribution < 1.29 is 0 Å². The first-order valence-electron chi connectivity index (χ1n) is 20.6. The smallest absolute Gasteiger partial charge is 0.0540 e. The summed E-state index contributed by atoms with van der Waals surface area (Å²) < 4.78 is 0. The van der Waals surface area contributed by atoms with Gasteiger partial charge in [-0.15, -0.1) is 0 Å². The Morgan fingerprint density at radius 1 is 0.217 bits per heavy atom. The first-order valence-corrected chi connectivity index (χ1v) is 20.6. The molecule has 0 bridgehead atoms. The minimum Gasteiger partial charge on any atom is -0.310 e. The van der Waals surface area contributed by atoms with Crippen LogP contribution in [0.1, 0.15) is 0 Å². The van der Waals surface area contributed by atoms with E-state index in [1.165, 1.54) is 65.3 Å². The average Bonchev–Trinajstić information content (AvgIpc) is 3.32. The van der Waals surface area contributed by atoms with Crippen LogP contribution < -0.4 is 9.80 Å². The van der Waals surface area contributed by atoms with Crippen molar-refractivity contribution in [3.8, 4) is 22.3 Å². The zero-order valence-electron chi connectivity index (χ0n) is 33.0. The van der Waals surface area contributed by atoms with Crippen LogP contribution in [0.4, 0.5) is 34.1 Å². The van der Waals surface area contributed by atoms with Crippen LogP contribution in [-0.4, -0.2) is 0 Å². The Kier molecular flexibility index (Phi) is 8.87. The molecule has 0 heterocycles. The van der Waals surface area contributed by atoms with Gasteiger partial charge in [-0.25, -0.2) is 0 Å². The Hall–Kier alpha value is -7.94. The summed E-state index contributed by atoms with van der Waals surface area (Å²) in [6.07, 6.45) is 0. The molecule has 0 aliphatic rings. The fourth-order valence-electron chi connectivity index (χ4n) is 9.17. The number of benzene rings is 11. The number of hydrogen-bond acceptors (Lipinski definition) is 2. The fourth-order valence-corrected chi connectivity index (χ4v) is 9.17. The molecule has 0 aromatic heterocycles. The van der Waals surface area contributed by atoms with Crippen LogP contribution in [0.3, 0.4) is 0 Å². The Morgan fingerprint density at radius 3 is 0.917 bits per heavy atom. The van der Waals surface area contributed by atoms with Crippen molar-refractivity contribution in [2.75, 3.05) is 9.80 Å². The quantitative estimate of drug-likeness (QED) is 0.142. The number of anilines is 6. The summed E-state index contributed by atoms with van der Waals surface area (Å²) in [5.74, 6) is 0. The lowest BCUT2D eigenvalue weighted by atomic mass is 9.85. The molecule has 2 heteroatoms. The molecule has 0 spiro atoms. The topological polar surface area (TPSA) is 6.48 Å². The van der Waals surface area contributed by atoms with Gasteiger partial charge in [0.15, 0.2) is 0 Å². The summed E-state index contributed by atoms with van der Waals surface area (Å²) >= 11 is 0. The standard InChI is InChI=1S/C58H40N2/c1-3-25-45(26-4-1)59(55-37-17-21-41-19-7-9-31-49(41)55)47-29-15-23-43(39-47)57-51-33-11-13-35-53(51)58(54-36-14-12-34-52(54)57)44-24-16-30-48(40-44)60(46-27-5-2-6-28-46)56-38-18-22-42-20-8-10-32-50(42)56/h1-40H. The first kappa shape index (κ1) is 35.2. The van der Waals surface area contributed by atoms with E-state index >= 15 is 0 Å². The van der Waals surface area contributed by atoms with Crippen LogP contribution in [0.5, 0.6) is 0 Å². The monoisotopic (exact) mass is 764 g/mol. The number of fused-ring (bicyclic) bond motifs is 4. The highest BCUT2D eigenvalue weighted by atomic mass is 15.1. The second kappa shape index (κ2) is 15.1. The molecule has 0 N–H and O–H groups in total. The second-order valence-corrected chi connectivity index (χ2v) is 15.3. The van der Waals surface area contributed by atoms with Gasteiger partial charge in [0.25, 0.3) is 0 Å². The largest absolute Gasteiger partial charge is 0.310 e. The predicted octanol–water partition coefficient (Wildman–Crippen LogP) is 16.6. The van der Waals surface area contributed by atoms with Crippen molar-refractivity contribution in [2.24, 2.45) is 0 Å². The van der Waals surface area contributed by atoms with Crippen molar-refractivity contribution in [3.05, 3.63) is 243 Å². The molecule has 60 heavy (non-hydrogen) atoms. The number of nitrogens with zero attached hydrogens (tertiary/aromatic N) is 2. The van der Waals surface area contributed by atoms with Crippen LogP contribution in [0.25, 0.3) is 65.3 Å². The molecule has 0 saturated carbocycles. The Bertz CT molecular complexity index is 3040. The molecule has 0 saturated heterocycles. The molecule has 0 atom stereocenters. The van der Waals surface area contributed by atoms with Crippen LogP contribution in [0, 0.1) is 0 Å². The highest BCUT2D eigenvalue weighted by Crippen LogP contribution is 2.47. The highest BCUT2D eigenvalue weighted by molar-refractivity contribution is 6.21. The molecule has 0 amide bonds. The lowest BCUT2D eigenvalue weighted by molar-refractivity contribution is 1.30. The summed E-state index contributed by atoms with van der Waals surface area (Å²) in [7, 11) is 0. The van der Waals surface area contributed by atoms with Gasteiger partial charge in [0.1, 0.15) is 0 Å². The summed E-state index contributed by atoms with van der Waals surface area (Å²) in [6.45, 7) is 0. The van der Waals surface area contributed by atoms with Gasteiger partial charge in [0.2, 0.25) is 0 Å². The molecule has 282 valence electrons. The highest BCUT2D eigenvalue weighted by Gasteiger charge is 2.21. The molecule has 0 aliphatic heterocycles. The van der Waals surface area contributed by atoms with Gasteiger partial charge in [0.05, 0.1) is 11.4 Å². The van der Waals surface area contributed by atoms with E-state index in [9.17, 15) is 0 Å². The molecule has 11 aromatic carbocycles. The summed E-state index contributed by atoms with van der Waals surface area (Å²) in [5, 5.41) is 9.74. The van der Waals surface area contributed by atoms with Crippen molar-refractivity contribution in [2.45, 2.75) is 0 Å². The molecular formula is C58H40N2. The van der Waals surface area contributed by atoms with E-state index in [2.05, 4.69) is 252 Å². The van der Waals surface area contributed by atoms with Crippen molar-refractivity contribution >= 4 is 77.2 Å². The molecule has 0 fully saturated rings. The maximum Gasteiger partial charge on any atom is 0.0540 e. The van der Waals surface area contributed by atoms with Crippen molar-refractivity contribution in [3.63, 3.8) is 0 Å². The number of hydrogen-bond donors (Lipinski definition) is 0. The van der Waals surface area contributed by atoms with Gasteiger partial charge < -0.3 is 9.80 Å². The van der Waals surface area contributed by atoms with Gasteiger partial charge in [0, 0.05) is 33.5 Å². The molecular weight excluding hydrogens is 725 g/mol. The predicted molar refractivity (Wildman–Crippen MR) is 257 cm³/mol. The van der Waals surface area contributed by atoms with Crippen molar-refractivity contribution in [1.29, 1.82) is 0 Å². The molecule has 11 rings (SSSR count). The van der Waals surface area contributed by atoms with E-state index in [0.717, 1.165) is 34.1 Å². The third-order valence-corrected chi connectivity index (χ3v) is 11.8. The van der Waals surface area contributed by atoms with E-state index < -0.39 is 0 Å². The van der Waals surface area contributed by atoms with E-state index in [1.54, 1.807) is 0 Å². The summed E-state index contributed by atoms with van der Waals surface area (Å²) in [4.78, 5) is 4.79. The Balaban J connectivity index is 1.11. The van der Waals surface area contributed by atoms with E-state index in [1.807, 2.05) is 0 Å². The van der Waals surface area contributed by atoms with Crippen LogP contribution in [0.15, 0.2) is 243 Å². The average molecular weight is 765 g/mol. The molecule has 0 radical (unpaired) electrons. The minimum atomic E-state index is 1.11. The number of para-hydroxylation sites is 2. The molecule has 0 unspecified atom stereocenters. The molecule has 11 aromatic rings. The van der Waals surface area contributed by atoms with Gasteiger partial charge >= 0.3 is 0 Å². The van der Waals surface area contributed by atoms with Crippen molar-refractivity contribution in [1.82, 2.24) is 0 Å². The van der Waals surface area contributed by atoms with E-state index in [0.29, 0.717) is 0 Å². The zero-order valence-corrected chi connectivity index (χ0v) is 33.0. The summed E-state index contributed by atoms with van der Waals surface area (Å²) in [5.41, 5.74) is 11.5. The van der Waals surface area contributed by atoms with Crippen LogP contribution in [0.2, 0.25) is 0 Å². The molecule has 0 aliphatic carbocycles. The van der Waals surface area contributed by atoms with Crippen LogP contribution >= 0.6 is 0 Å². The summed E-state index contributed by atoms with van der Waals surface area (Å²) in [6, 6.07) is 87.9. The molecule has 2 nitrogen and oxygen atoms in total. The number of rotatable bonds is 8. The van der Waals surface area contributed by atoms with Gasteiger partial charge in [-0.05, 0) is 115 Å². The maximum atomic E-state index is 2.39. The van der Waals surface area contributed by atoms with Gasteiger partial charge in [-0.2, -0.15) is 0 Å². The third-order valence-electron chi connectivity index (χ3n) is 11.8. The van der Waals surface area contributed by atoms with Crippen LogP contribution in [-0.2, 0) is 0 Å². The SMILES string of the molecule is c1ccc(N(c2cccc(-c3c4ccccc4c(-c4cccc(N(c5ccccc5)c5cccc6ccccc56)c4)c4ccccc34)c2)c2cccc3ccccc23)cc1. The first-order chi connectivity index (χ1) is 29.8. The lowest BCUT2D eigenvalue weighted by Crippen LogP contribution is -2.10. The van der Waals surface area contributed by atoms with E-state index in [-0.39, 0.29) is 0 Å². The maximum absolute atomic E-state index is 2.39. The van der Waals surface area contributed by atoms with Gasteiger partial charge in [-0.3, -0.25) is 0 Å². The Morgan fingerprint density at radius 2 is 0.517 bits per heavy atom. The Labute approximate surface area is 350 Å². The second-order valence-electron chi connectivity index (χ2n) is 15.3.